The molecule has 0 unspecified atom stereocenters. The van der Waals surface area contributed by atoms with Crippen molar-refractivity contribution in [1.82, 2.24) is 4.98 Å². The molecule has 5 rings (SSSR count). The van der Waals surface area contributed by atoms with E-state index < -0.39 is 113 Å². The van der Waals surface area contributed by atoms with Crippen molar-refractivity contribution in [3.05, 3.63) is 78.1 Å². The van der Waals surface area contributed by atoms with Gasteiger partial charge in [-0.1, -0.05) is 52.5 Å². The first-order chi connectivity index (χ1) is 26.7. The van der Waals surface area contributed by atoms with Crippen LogP contribution in [0.15, 0.2) is 67.0 Å². The molecule has 2 aliphatic heterocycles. The molecule has 0 amide bonds. The predicted molar refractivity (Wildman–Crippen MR) is 194 cm³/mol. The first-order valence-electron chi connectivity index (χ1n) is 18.4. The summed E-state index contributed by atoms with van der Waals surface area (Å²) in [7, 11) is 0. The Kier molecular flexibility index (Phi) is 12.1. The molecule has 2 aromatic rings. The van der Waals surface area contributed by atoms with Crippen LogP contribution >= 0.6 is 0 Å². The summed E-state index contributed by atoms with van der Waals surface area (Å²) in [5, 5.41) is 13.0. The Balaban J connectivity index is 1.89. The molecule has 3 fully saturated rings. The number of fused-ring (bicyclic) bond motifs is 4. The molecule has 1 aromatic heterocycles. The first-order valence-corrected chi connectivity index (χ1v) is 18.4. The quantitative estimate of drug-likeness (QED) is 0.230. The largest absolute Gasteiger partial charge is 0.462 e. The van der Waals surface area contributed by atoms with E-state index in [4.69, 9.17) is 33.2 Å². The topological polar surface area (TPSA) is 217 Å². The lowest BCUT2D eigenvalue weighted by Gasteiger charge is -2.49. The third kappa shape index (κ3) is 7.92. The third-order valence-electron chi connectivity index (χ3n) is 10.9. The summed E-state index contributed by atoms with van der Waals surface area (Å²) in [6.07, 6.45) is -8.16. The van der Waals surface area contributed by atoms with Gasteiger partial charge in [-0.25, -0.2) is 9.59 Å². The van der Waals surface area contributed by atoms with Gasteiger partial charge in [0.2, 0.25) is 5.79 Å². The minimum Gasteiger partial charge on any atom is -0.462 e. The highest BCUT2D eigenvalue weighted by atomic mass is 16.7. The maximum atomic E-state index is 14.7. The van der Waals surface area contributed by atoms with E-state index in [9.17, 15) is 38.7 Å². The number of ether oxygens (including phenoxy) is 7. The summed E-state index contributed by atoms with van der Waals surface area (Å²) in [5.74, 6) is -13.1. The van der Waals surface area contributed by atoms with Crippen LogP contribution in [0.25, 0.3) is 0 Å². The van der Waals surface area contributed by atoms with Gasteiger partial charge in [0.15, 0.2) is 29.7 Å². The first kappa shape index (κ1) is 42.7. The summed E-state index contributed by atoms with van der Waals surface area (Å²) in [4.78, 5) is 98.8. The zero-order valence-electron chi connectivity index (χ0n) is 32.9. The van der Waals surface area contributed by atoms with Crippen LogP contribution in [-0.4, -0.2) is 99.7 Å². The fraction of sp³-hybridized carbons (Fsp3) is 0.512. The van der Waals surface area contributed by atoms with Crippen LogP contribution in [0.2, 0.25) is 0 Å². The molecule has 3 aliphatic rings. The van der Waals surface area contributed by atoms with Crippen molar-refractivity contribution in [2.75, 3.05) is 0 Å². The number of Topliss-reactive ketones (excluding diaryl/α,β-unsaturated/α-hetero) is 1. The fourth-order valence-corrected chi connectivity index (χ4v) is 8.48. The zero-order chi connectivity index (χ0) is 42.2. The third-order valence-corrected chi connectivity index (χ3v) is 10.9. The van der Waals surface area contributed by atoms with Gasteiger partial charge in [-0.2, -0.15) is 0 Å². The van der Waals surface area contributed by atoms with Crippen molar-refractivity contribution < 1.29 is 71.8 Å². The van der Waals surface area contributed by atoms with E-state index in [2.05, 4.69) is 11.6 Å². The molecule has 2 bridgehead atoms. The number of nitrogens with zero attached hydrogens (tertiary/aromatic N) is 1. The van der Waals surface area contributed by atoms with E-state index in [1.54, 1.807) is 25.1 Å². The monoisotopic (exact) mass is 793 g/mol. The standard InChI is InChI=1S/C41H47NO15/c1-20-18-40(56-26(7)46)29(31(20)51-23(4)43)32(52-24(5)44)21(2)33(53-25(6)45)34(54-37(48)27-14-11-10-12-15-27)36(55-38(49)28-16-13-17-42-19-28)39(8,9)35-30(47)22(3)41(40,50)57-35/h10-17,19-20,22,29,31-36,50H,2,18H2,1,3-9H3/t20-,22+,29+,31-,32-,33-,34-,35-,36+,40+,41+/m0/s1. The molecule has 0 spiro atoms. The lowest BCUT2D eigenvalue weighted by molar-refractivity contribution is -0.333. The maximum Gasteiger partial charge on any atom is 0.340 e. The second-order valence-corrected chi connectivity index (χ2v) is 15.3. The van der Waals surface area contributed by atoms with Crippen LogP contribution < -0.4 is 0 Å². The molecule has 1 saturated carbocycles. The van der Waals surface area contributed by atoms with Crippen molar-refractivity contribution in [1.29, 1.82) is 0 Å². The van der Waals surface area contributed by atoms with Crippen LogP contribution in [0.5, 0.6) is 0 Å². The summed E-state index contributed by atoms with van der Waals surface area (Å²) in [6.45, 7) is 14.3. The molecule has 16 heteroatoms. The van der Waals surface area contributed by atoms with Crippen molar-refractivity contribution in [3.63, 3.8) is 0 Å². The number of ketones is 1. The minimum atomic E-state index is -2.75. The van der Waals surface area contributed by atoms with E-state index in [0.717, 1.165) is 27.7 Å². The predicted octanol–water partition coefficient (Wildman–Crippen LogP) is 3.47. The number of rotatable bonds is 8. The summed E-state index contributed by atoms with van der Waals surface area (Å²) >= 11 is 0. The molecule has 306 valence electrons. The van der Waals surface area contributed by atoms with Crippen LogP contribution in [0.4, 0.5) is 0 Å². The second-order valence-electron chi connectivity index (χ2n) is 15.3. The van der Waals surface area contributed by atoms with Gasteiger partial charge in [0.25, 0.3) is 0 Å². The smallest absolute Gasteiger partial charge is 0.340 e. The molecule has 2 saturated heterocycles. The zero-order valence-corrected chi connectivity index (χ0v) is 32.9. The van der Waals surface area contributed by atoms with Crippen molar-refractivity contribution in [2.45, 2.75) is 110 Å². The van der Waals surface area contributed by atoms with Gasteiger partial charge in [0.1, 0.15) is 18.3 Å². The van der Waals surface area contributed by atoms with Gasteiger partial charge in [-0.3, -0.25) is 29.0 Å². The number of hydrogen-bond donors (Lipinski definition) is 1. The molecule has 16 nitrogen and oxygen atoms in total. The summed E-state index contributed by atoms with van der Waals surface area (Å²) in [5.41, 5.74) is -4.51. The number of aromatic nitrogens is 1. The highest BCUT2D eigenvalue weighted by Gasteiger charge is 2.77. The average molecular weight is 794 g/mol. The van der Waals surface area contributed by atoms with Crippen LogP contribution in [-0.2, 0) is 57.1 Å². The van der Waals surface area contributed by atoms with E-state index in [-0.39, 0.29) is 23.1 Å². The molecule has 0 radical (unpaired) electrons. The normalized spacial score (nSPS) is 33.1. The molecular formula is C41H47NO15. The number of pyridine rings is 1. The number of benzene rings is 1. The molecular weight excluding hydrogens is 746 g/mol. The molecule has 57 heavy (non-hydrogen) atoms. The van der Waals surface area contributed by atoms with Crippen molar-refractivity contribution in [3.8, 4) is 0 Å². The van der Waals surface area contributed by atoms with Gasteiger partial charge in [0.05, 0.1) is 23.0 Å². The van der Waals surface area contributed by atoms with Crippen molar-refractivity contribution >= 4 is 41.6 Å². The number of aliphatic hydroxyl groups is 1. The lowest BCUT2D eigenvalue weighted by Crippen LogP contribution is -2.66. The van der Waals surface area contributed by atoms with E-state index >= 15 is 0 Å². The average Bonchev–Trinajstić information content (AvgIpc) is 3.55. The Bertz CT molecular complexity index is 1930. The van der Waals surface area contributed by atoms with Crippen LogP contribution in [0.3, 0.4) is 0 Å². The van der Waals surface area contributed by atoms with E-state index in [1.165, 1.54) is 57.4 Å². The number of carbonyl (C=O) groups excluding carboxylic acids is 7. The highest BCUT2D eigenvalue weighted by Crippen LogP contribution is 2.60. The Morgan fingerprint density at radius 3 is 1.91 bits per heavy atom. The van der Waals surface area contributed by atoms with Gasteiger partial charge < -0.3 is 38.3 Å². The Morgan fingerprint density at radius 2 is 1.35 bits per heavy atom. The number of carbonyl (C=O) groups is 7. The molecule has 1 N–H and O–H groups in total. The number of esters is 6. The van der Waals surface area contributed by atoms with E-state index in [1.807, 2.05) is 0 Å². The molecule has 11 atom stereocenters. The maximum absolute atomic E-state index is 14.7. The van der Waals surface area contributed by atoms with Gasteiger partial charge in [-0.05, 0) is 36.6 Å². The molecule has 1 aromatic carbocycles. The second kappa shape index (κ2) is 16.2. The van der Waals surface area contributed by atoms with Crippen LogP contribution in [0.1, 0.15) is 82.5 Å². The Labute approximate surface area is 329 Å². The SMILES string of the molecule is C=C1[C@H](OC(C)=O)[C@H](OC(=O)c2ccccc2)[C@@H](OC(=O)c2cccnc2)C(C)(C)[C@H]2O[C@](O)([C@H](C)C2=O)[C@@]2(OC(C)=O)C[C@H](C)[C@H](OC(C)=O)[C@@H]2[C@H]1OC(C)=O. The van der Waals surface area contributed by atoms with Gasteiger partial charge in [-0.15, -0.1) is 0 Å². The Hall–Kier alpha value is -5.48. The Morgan fingerprint density at radius 1 is 0.772 bits per heavy atom. The number of hydrogen-bond acceptors (Lipinski definition) is 16. The highest BCUT2D eigenvalue weighted by molar-refractivity contribution is 5.91. The summed E-state index contributed by atoms with van der Waals surface area (Å²) in [6, 6.07) is 10.5. The molecule has 3 heterocycles. The van der Waals surface area contributed by atoms with Gasteiger partial charge in [0, 0.05) is 51.1 Å². The fourth-order valence-electron chi connectivity index (χ4n) is 8.48. The van der Waals surface area contributed by atoms with E-state index in [0.29, 0.717) is 0 Å². The molecule has 1 aliphatic carbocycles. The van der Waals surface area contributed by atoms with Crippen molar-refractivity contribution in [2.24, 2.45) is 23.2 Å². The van der Waals surface area contributed by atoms with Gasteiger partial charge >= 0.3 is 35.8 Å². The lowest BCUT2D eigenvalue weighted by atomic mass is 9.68. The summed E-state index contributed by atoms with van der Waals surface area (Å²) < 4.78 is 42.5. The van der Waals surface area contributed by atoms with Crippen LogP contribution in [0, 0.1) is 23.2 Å². The minimum absolute atomic E-state index is 0.0234.